The fourth-order valence-corrected chi connectivity index (χ4v) is 14.2. The first-order valence-corrected chi connectivity index (χ1v) is 40.1. The zero-order valence-corrected chi connectivity index (χ0v) is 61.6. The Morgan fingerprint density at radius 1 is 0.388 bits per heavy atom. The van der Waals surface area contributed by atoms with E-state index in [-0.39, 0.29) is 19.3 Å². The summed E-state index contributed by atoms with van der Waals surface area (Å²) in [6.45, 7) is 8.09. The highest BCUT2D eigenvalue weighted by Gasteiger charge is 2.58. The Morgan fingerprint density at radius 2 is 0.714 bits per heavy atom. The van der Waals surface area contributed by atoms with Gasteiger partial charge < -0.3 is 89.1 Å². The van der Waals surface area contributed by atoms with E-state index < -0.39 is 156 Å². The molecule has 20 atom stereocenters. The Kier molecular flexibility index (Phi) is 49.4. The smallest absolute Gasteiger partial charge is 0.463 e. The van der Waals surface area contributed by atoms with Crippen molar-refractivity contribution in [2.45, 2.75) is 408 Å². The predicted molar refractivity (Wildman–Crippen MR) is 370 cm³/mol. The van der Waals surface area contributed by atoms with Gasteiger partial charge in [0.05, 0.1) is 13.2 Å². The average Bonchev–Trinajstić information content (AvgIpc) is 0.762. The van der Waals surface area contributed by atoms with Crippen molar-refractivity contribution in [3.63, 3.8) is 0 Å². The van der Waals surface area contributed by atoms with Crippen LogP contribution in [0.3, 0.4) is 0 Å². The van der Waals surface area contributed by atoms with E-state index in [1.807, 2.05) is 0 Å². The first kappa shape index (κ1) is 90.2. The summed E-state index contributed by atoms with van der Waals surface area (Å²) >= 11 is 0. The van der Waals surface area contributed by atoms with E-state index in [4.69, 9.17) is 42.2 Å². The topological polar surface area (TPSA) is 374 Å². The minimum atomic E-state index is -5.69. The number of esters is 3. The third kappa shape index (κ3) is 37.1. The lowest BCUT2D eigenvalue weighted by atomic mass is 9.84. The quantitative estimate of drug-likeness (QED) is 0.0117. The highest BCUT2D eigenvalue weighted by molar-refractivity contribution is 7.47. The van der Waals surface area contributed by atoms with Crippen molar-refractivity contribution in [2.75, 3.05) is 26.4 Å². The molecular weight excluding hydrogens is 1290 g/mol. The summed E-state index contributed by atoms with van der Waals surface area (Å²) in [5.41, 5.74) is 0. The van der Waals surface area contributed by atoms with Crippen LogP contribution in [0.2, 0.25) is 0 Å². The van der Waals surface area contributed by atoms with E-state index in [2.05, 4.69) is 34.6 Å². The SMILES string of the molecule is CCCCCCCCCCCCCC(=O)OCC(COP(=O)(O)OC1C(OC2OC(CO)C(O)C(O)C2O)C(O)C(O)C(O)C1OC1OC(COC(=O)CCCCCCCCC(C)CCCCCCCC)C(O)C(O)C1O)OC(=O)CCCCCCCCC(C)CCCCCCCC. The van der Waals surface area contributed by atoms with Crippen molar-refractivity contribution >= 4 is 25.7 Å². The Morgan fingerprint density at radius 3 is 1.10 bits per heavy atom. The van der Waals surface area contributed by atoms with Gasteiger partial charge in [0.2, 0.25) is 0 Å². The summed E-state index contributed by atoms with van der Waals surface area (Å²) in [6.07, 6.45) is 7.54. The maximum absolute atomic E-state index is 14.3. The van der Waals surface area contributed by atoms with Crippen molar-refractivity contribution in [3.8, 4) is 0 Å². The van der Waals surface area contributed by atoms with Gasteiger partial charge in [-0.05, 0) is 31.1 Å². The molecule has 2 heterocycles. The Bertz CT molecular complexity index is 2060. The number of phosphoric acid groups is 1. The molecule has 2 saturated heterocycles. The molecule has 0 radical (unpaired) electrons. The van der Waals surface area contributed by atoms with E-state index in [1.165, 1.54) is 135 Å². The fourth-order valence-electron chi connectivity index (χ4n) is 13.2. The van der Waals surface area contributed by atoms with Crippen LogP contribution in [-0.4, -0.2) is 204 Å². The largest absolute Gasteiger partial charge is 0.472 e. The number of hydrogen-bond donors (Lipinski definition) is 11. The molecule has 3 fully saturated rings. The monoisotopic (exact) mass is 1430 g/mol. The third-order valence-electron chi connectivity index (χ3n) is 19.7. The molecule has 3 rings (SSSR count). The minimum Gasteiger partial charge on any atom is -0.463 e. The van der Waals surface area contributed by atoms with Crippen molar-refractivity contribution in [3.05, 3.63) is 0 Å². The number of aliphatic hydroxyl groups is 10. The zero-order valence-electron chi connectivity index (χ0n) is 60.7. The van der Waals surface area contributed by atoms with E-state index >= 15 is 0 Å². The lowest BCUT2D eigenvalue weighted by Crippen LogP contribution is -2.69. The summed E-state index contributed by atoms with van der Waals surface area (Å²) in [4.78, 5) is 51.1. The molecule has 2 aliphatic heterocycles. The molecule has 0 aromatic rings. The maximum atomic E-state index is 14.3. The number of unbranched alkanes of at least 4 members (excludes halogenated alkanes) is 30. The number of ether oxygens (including phenoxy) is 7. The fraction of sp³-hybridized carbons (Fsp3) is 0.959. The van der Waals surface area contributed by atoms with Gasteiger partial charge in [-0.1, -0.05) is 266 Å². The summed E-state index contributed by atoms with van der Waals surface area (Å²) in [6, 6.07) is 0. The van der Waals surface area contributed by atoms with Gasteiger partial charge in [0.15, 0.2) is 18.7 Å². The molecule has 1 saturated carbocycles. The van der Waals surface area contributed by atoms with Crippen LogP contribution in [0.15, 0.2) is 0 Å². The van der Waals surface area contributed by atoms with Crippen LogP contribution < -0.4 is 0 Å². The normalized spacial score (nSPS) is 28.2. The molecule has 1 aliphatic carbocycles. The van der Waals surface area contributed by atoms with Crippen molar-refractivity contribution < 1.29 is 117 Å². The standard InChI is InChI=1S/C73H137O24P/c1-6-9-12-15-18-19-20-21-22-31-38-45-57(75)89-49-54(92-59(77)47-40-33-26-24-30-37-44-53(5)42-35-28-17-14-11-8-3)50-91-98(87,88)97-71-69(95-72-67(85)62(80)60(78)55(48-74)93-72)65(83)64(82)66(84)70(71)96-73-68(86)63(81)61(79)56(94-73)51-90-58(76)46-39-32-25-23-29-36-43-52(4)41-34-27-16-13-10-7-2/h52-56,60-74,78-86H,6-51H2,1-5H3,(H,87,88). The van der Waals surface area contributed by atoms with Crippen molar-refractivity contribution in [2.24, 2.45) is 11.8 Å². The van der Waals surface area contributed by atoms with Crippen LogP contribution >= 0.6 is 7.82 Å². The minimum absolute atomic E-state index is 0.0305. The number of carbonyl (C=O) groups is 3. The summed E-state index contributed by atoms with van der Waals surface area (Å²) in [7, 11) is -5.69. The number of carbonyl (C=O) groups excluding carboxylic acids is 3. The molecule has 0 spiro atoms. The Hall–Kier alpha value is -2.04. The summed E-state index contributed by atoms with van der Waals surface area (Å²) in [5.74, 6) is -0.603. The van der Waals surface area contributed by atoms with E-state index in [1.54, 1.807) is 0 Å². The molecule has 98 heavy (non-hydrogen) atoms. The van der Waals surface area contributed by atoms with Crippen LogP contribution in [0, 0.1) is 11.8 Å². The first-order chi connectivity index (χ1) is 47.1. The van der Waals surface area contributed by atoms with Gasteiger partial charge in [0.1, 0.15) is 98.7 Å². The zero-order chi connectivity index (χ0) is 72.1. The molecular formula is C73H137O24P. The van der Waals surface area contributed by atoms with E-state index in [0.29, 0.717) is 31.1 Å². The number of rotatable bonds is 59. The van der Waals surface area contributed by atoms with Crippen LogP contribution in [0.25, 0.3) is 0 Å². The van der Waals surface area contributed by atoms with Crippen molar-refractivity contribution in [1.29, 1.82) is 0 Å². The number of phosphoric ester groups is 1. The second-order valence-electron chi connectivity index (χ2n) is 28.6. The molecule has 25 heteroatoms. The molecule has 20 unspecified atom stereocenters. The summed E-state index contributed by atoms with van der Waals surface area (Å²) in [5, 5.41) is 110. The molecule has 3 aliphatic rings. The molecule has 24 nitrogen and oxygen atoms in total. The van der Waals surface area contributed by atoms with Gasteiger partial charge in [-0.15, -0.1) is 0 Å². The number of aliphatic hydroxyl groups excluding tert-OH is 10. The molecule has 0 aromatic heterocycles. The molecule has 0 amide bonds. The predicted octanol–water partition coefficient (Wildman–Crippen LogP) is 10.7. The molecule has 0 bridgehead atoms. The lowest BCUT2D eigenvalue weighted by Gasteiger charge is -2.49. The first-order valence-electron chi connectivity index (χ1n) is 38.6. The van der Waals surface area contributed by atoms with E-state index in [0.717, 1.165) is 96.3 Å². The van der Waals surface area contributed by atoms with Crippen LogP contribution in [0.4, 0.5) is 0 Å². The lowest BCUT2D eigenvalue weighted by molar-refractivity contribution is -0.360. The van der Waals surface area contributed by atoms with Crippen LogP contribution in [0.1, 0.15) is 304 Å². The van der Waals surface area contributed by atoms with Gasteiger partial charge in [-0.25, -0.2) is 4.57 Å². The molecule has 11 N–H and O–H groups in total. The highest BCUT2D eigenvalue weighted by atomic mass is 31.2. The van der Waals surface area contributed by atoms with Gasteiger partial charge in [0.25, 0.3) is 0 Å². The average molecular weight is 1430 g/mol. The van der Waals surface area contributed by atoms with Crippen molar-refractivity contribution in [1.82, 2.24) is 0 Å². The van der Waals surface area contributed by atoms with Gasteiger partial charge in [-0.2, -0.15) is 0 Å². The van der Waals surface area contributed by atoms with Crippen LogP contribution in [-0.2, 0) is 61.2 Å². The highest BCUT2D eigenvalue weighted by Crippen LogP contribution is 2.49. The number of hydrogen-bond acceptors (Lipinski definition) is 23. The van der Waals surface area contributed by atoms with Gasteiger partial charge in [0, 0.05) is 19.3 Å². The molecule has 0 aromatic carbocycles. The third-order valence-corrected chi connectivity index (χ3v) is 20.7. The Labute approximate surface area is 587 Å². The van der Waals surface area contributed by atoms with Gasteiger partial charge in [-0.3, -0.25) is 23.4 Å². The second-order valence-corrected chi connectivity index (χ2v) is 30.0. The molecule has 578 valence electrons. The van der Waals surface area contributed by atoms with Crippen LogP contribution in [0.5, 0.6) is 0 Å². The Balaban J connectivity index is 1.74. The summed E-state index contributed by atoms with van der Waals surface area (Å²) < 4.78 is 65.1. The second kappa shape index (κ2) is 53.7. The van der Waals surface area contributed by atoms with Gasteiger partial charge >= 0.3 is 25.7 Å². The van der Waals surface area contributed by atoms with E-state index in [9.17, 15) is 74.9 Å². The maximum Gasteiger partial charge on any atom is 0.472 e.